The van der Waals surface area contributed by atoms with E-state index in [0.29, 0.717) is 12.8 Å². The van der Waals surface area contributed by atoms with E-state index in [1.54, 1.807) is 0 Å². The van der Waals surface area contributed by atoms with Gasteiger partial charge in [0.25, 0.3) is 0 Å². The van der Waals surface area contributed by atoms with E-state index in [1.165, 1.54) is 0 Å². The molecule has 0 unspecified atom stereocenters. The highest BCUT2D eigenvalue weighted by Crippen LogP contribution is 2.54. The molecule has 0 saturated heterocycles. The summed E-state index contributed by atoms with van der Waals surface area (Å²) in [6.45, 7) is 0.210. The maximum atomic E-state index is 12.6. The van der Waals surface area contributed by atoms with E-state index in [-0.39, 0.29) is 19.4 Å². The molecule has 2 rings (SSSR count). The van der Waals surface area contributed by atoms with Gasteiger partial charge >= 0.3 is 5.97 Å². The summed E-state index contributed by atoms with van der Waals surface area (Å²) < 4.78 is 30.3. The van der Waals surface area contributed by atoms with Gasteiger partial charge in [0.1, 0.15) is 6.61 Å². The van der Waals surface area contributed by atoms with E-state index in [1.807, 2.05) is 30.3 Å². The molecule has 0 aliphatic heterocycles. The zero-order chi connectivity index (χ0) is 13.0. The number of hydrogen-bond donors (Lipinski definition) is 0. The van der Waals surface area contributed by atoms with Gasteiger partial charge in [0.15, 0.2) is 0 Å². The topological polar surface area (TPSA) is 26.3 Å². The van der Waals surface area contributed by atoms with Crippen molar-refractivity contribution in [3.63, 3.8) is 0 Å². The van der Waals surface area contributed by atoms with Gasteiger partial charge in [-0.1, -0.05) is 30.3 Å². The van der Waals surface area contributed by atoms with Crippen LogP contribution in [0.4, 0.5) is 8.78 Å². The second-order valence-electron chi connectivity index (χ2n) is 4.81. The molecule has 1 aliphatic carbocycles. The Balaban J connectivity index is 1.70. The van der Waals surface area contributed by atoms with Crippen LogP contribution in [0.5, 0.6) is 0 Å². The van der Waals surface area contributed by atoms with E-state index in [9.17, 15) is 13.6 Å². The van der Waals surface area contributed by atoms with Crippen molar-refractivity contribution in [2.75, 3.05) is 0 Å². The highest BCUT2D eigenvalue weighted by molar-refractivity contribution is 5.69. The molecule has 0 bridgehead atoms. The molecule has 1 fully saturated rings. The number of benzene rings is 1. The van der Waals surface area contributed by atoms with Crippen LogP contribution in [0.3, 0.4) is 0 Å². The van der Waals surface area contributed by atoms with E-state index in [4.69, 9.17) is 4.74 Å². The maximum absolute atomic E-state index is 12.6. The van der Waals surface area contributed by atoms with Gasteiger partial charge in [0.2, 0.25) is 6.43 Å². The minimum atomic E-state index is -2.32. The molecule has 0 aromatic heterocycles. The van der Waals surface area contributed by atoms with Gasteiger partial charge in [-0.25, -0.2) is 8.78 Å². The van der Waals surface area contributed by atoms with E-state index < -0.39 is 17.8 Å². The van der Waals surface area contributed by atoms with Crippen molar-refractivity contribution in [2.24, 2.45) is 5.41 Å². The number of carbonyl (C=O) groups excluding carboxylic acids is 1. The Labute approximate surface area is 105 Å². The van der Waals surface area contributed by atoms with Crippen molar-refractivity contribution in [3.05, 3.63) is 35.9 Å². The maximum Gasteiger partial charge on any atom is 0.306 e. The van der Waals surface area contributed by atoms with Crippen molar-refractivity contribution in [2.45, 2.75) is 38.7 Å². The van der Waals surface area contributed by atoms with Crippen molar-refractivity contribution >= 4 is 5.97 Å². The summed E-state index contributed by atoms with van der Waals surface area (Å²) in [5, 5.41) is 0. The third-order valence-electron chi connectivity index (χ3n) is 3.42. The molecule has 0 spiro atoms. The first-order valence-corrected chi connectivity index (χ1v) is 6.10. The van der Waals surface area contributed by atoms with Gasteiger partial charge in [-0.05, 0) is 24.8 Å². The van der Waals surface area contributed by atoms with Crippen LogP contribution in [-0.4, -0.2) is 12.4 Å². The number of hydrogen-bond acceptors (Lipinski definition) is 2. The SMILES string of the molecule is O=C(CCC1(C(F)F)CC1)OCc1ccccc1. The fourth-order valence-electron chi connectivity index (χ4n) is 1.90. The Morgan fingerprint density at radius 1 is 1.28 bits per heavy atom. The molecule has 0 radical (unpaired) electrons. The van der Waals surface area contributed by atoms with Crippen molar-refractivity contribution in [1.29, 1.82) is 0 Å². The van der Waals surface area contributed by atoms with Crippen LogP contribution in [0.2, 0.25) is 0 Å². The van der Waals surface area contributed by atoms with Crippen molar-refractivity contribution in [3.8, 4) is 0 Å². The van der Waals surface area contributed by atoms with E-state index >= 15 is 0 Å². The van der Waals surface area contributed by atoms with Gasteiger partial charge in [0, 0.05) is 11.8 Å². The fourth-order valence-corrected chi connectivity index (χ4v) is 1.90. The molecule has 0 N–H and O–H groups in total. The van der Waals surface area contributed by atoms with Gasteiger partial charge < -0.3 is 4.74 Å². The zero-order valence-corrected chi connectivity index (χ0v) is 10.1. The number of carbonyl (C=O) groups is 1. The standard InChI is InChI=1S/C14H16F2O2/c15-13(16)14(8-9-14)7-6-12(17)18-10-11-4-2-1-3-5-11/h1-5,13H,6-10H2. The summed E-state index contributed by atoms with van der Waals surface area (Å²) in [6, 6.07) is 9.31. The predicted molar refractivity (Wildman–Crippen MR) is 63.1 cm³/mol. The van der Waals surface area contributed by atoms with Crippen LogP contribution < -0.4 is 0 Å². The quantitative estimate of drug-likeness (QED) is 0.725. The first-order valence-electron chi connectivity index (χ1n) is 6.10. The molecule has 2 nitrogen and oxygen atoms in total. The van der Waals surface area contributed by atoms with Crippen molar-refractivity contribution in [1.82, 2.24) is 0 Å². The smallest absolute Gasteiger partial charge is 0.306 e. The molecule has 0 amide bonds. The monoisotopic (exact) mass is 254 g/mol. The van der Waals surface area contributed by atoms with Crippen LogP contribution in [0.15, 0.2) is 30.3 Å². The average Bonchev–Trinajstić information content (AvgIpc) is 3.16. The highest BCUT2D eigenvalue weighted by atomic mass is 19.3. The first-order chi connectivity index (χ1) is 8.62. The predicted octanol–water partition coefficient (Wildman–Crippen LogP) is 3.56. The first kappa shape index (κ1) is 13.0. The molecular weight excluding hydrogens is 238 g/mol. The largest absolute Gasteiger partial charge is 0.461 e. The lowest BCUT2D eigenvalue weighted by atomic mass is 10.0. The normalized spacial score (nSPS) is 16.6. The molecule has 18 heavy (non-hydrogen) atoms. The van der Waals surface area contributed by atoms with E-state index in [0.717, 1.165) is 5.56 Å². The summed E-state index contributed by atoms with van der Waals surface area (Å²) in [4.78, 5) is 11.4. The highest BCUT2D eigenvalue weighted by Gasteiger charge is 2.50. The van der Waals surface area contributed by atoms with Crippen LogP contribution >= 0.6 is 0 Å². The second-order valence-corrected chi connectivity index (χ2v) is 4.81. The lowest BCUT2D eigenvalue weighted by molar-refractivity contribution is -0.145. The minimum Gasteiger partial charge on any atom is -0.461 e. The van der Waals surface area contributed by atoms with Gasteiger partial charge in [-0.2, -0.15) is 0 Å². The van der Waals surface area contributed by atoms with Crippen molar-refractivity contribution < 1.29 is 18.3 Å². The molecular formula is C14H16F2O2. The van der Waals surface area contributed by atoms with Crippen LogP contribution in [0.25, 0.3) is 0 Å². The lowest BCUT2D eigenvalue weighted by Crippen LogP contribution is -2.15. The molecule has 98 valence electrons. The summed E-state index contributed by atoms with van der Waals surface area (Å²) in [5.74, 6) is -0.397. The Morgan fingerprint density at radius 2 is 1.94 bits per heavy atom. The number of ether oxygens (including phenoxy) is 1. The van der Waals surface area contributed by atoms with Crippen LogP contribution in [0.1, 0.15) is 31.2 Å². The second kappa shape index (κ2) is 5.46. The number of alkyl halides is 2. The Bertz CT molecular complexity index is 400. The Hall–Kier alpha value is -1.45. The lowest BCUT2D eigenvalue weighted by Gasteiger charge is -2.12. The van der Waals surface area contributed by atoms with E-state index in [2.05, 4.69) is 0 Å². The zero-order valence-electron chi connectivity index (χ0n) is 10.1. The Morgan fingerprint density at radius 3 is 2.50 bits per heavy atom. The number of esters is 1. The molecule has 0 atom stereocenters. The van der Waals surface area contributed by atoms with Gasteiger partial charge in [0.05, 0.1) is 0 Å². The van der Waals surface area contributed by atoms with Gasteiger partial charge in [-0.15, -0.1) is 0 Å². The summed E-state index contributed by atoms with van der Waals surface area (Å²) >= 11 is 0. The third kappa shape index (κ3) is 3.28. The molecule has 4 heteroatoms. The molecule has 0 heterocycles. The minimum absolute atomic E-state index is 0.0805. The molecule has 1 aromatic carbocycles. The summed E-state index contributed by atoms with van der Waals surface area (Å²) in [6.07, 6.45) is -0.956. The number of halogens is 2. The molecule has 1 aromatic rings. The molecule has 1 saturated carbocycles. The average molecular weight is 254 g/mol. The molecule has 1 aliphatic rings. The Kier molecular flexibility index (Phi) is 3.94. The fraction of sp³-hybridized carbons (Fsp3) is 0.500. The third-order valence-corrected chi connectivity index (χ3v) is 3.42. The summed E-state index contributed by atoms with van der Waals surface area (Å²) in [5.41, 5.74) is 0.00650. The summed E-state index contributed by atoms with van der Waals surface area (Å²) in [7, 11) is 0. The van der Waals surface area contributed by atoms with Crippen LogP contribution in [0, 0.1) is 5.41 Å². The van der Waals surface area contributed by atoms with Crippen LogP contribution in [-0.2, 0) is 16.1 Å². The van der Waals surface area contributed by atoms with Gasteiger partial charge in [-0.3, -0.25) is 4.79 Å². The number of rotatable bonds is 6.